The van der Waals surface area contributed by atoms with Crippen LogP contribution in [-0.2, 0) is 9.47 Å². The van der Waals surface area contributed by atoms with Gasteiger partial charge in [0.25, 0.3) is 0 Å². The predicted molar refractivity (Wildman–Crippen MR) is 54.8 cm³/mol. The van der Waals surface area contributed by atoms with Crippen LogP contribution in [0, 0.1) is 0 Å². The number of ether oxygens (including phenoxy) is 2. The van der Waals surface area contributed by atoms with Gasteiger partial charge in [0.2, 0.25) is 0 Å². The number of nitrogens with one attached hydrogen (secondary N) is 1. The molecular weight excluding hydrogens is 166 g/mol. The Labute approximate surface area is 81.8 Å². The minimum absolute atomic E-state index is 0.0544. The Morgan fingerprint density at radius 3 is 1.54 bits per heavy atom. The van der Waals surface area contributed by atoms with E-state index in [-0.39, 0.29) is 17.4 Å². The van der Waals surface area contributed by atoms with E-state index in [1.807, 2.05) is 0 Å². The summed E-state index contributed by atoms with van der Waals surface area (Å²) >= 11 is 0. The van der Waals surface area contributed by atoms with Gasteiger partial charge in [0.1, 0.15) is 0 Å². The van der Waals surface area contributed by atoms with Crippen molar-refractivity contribution in [2.24, 2.45) is 0 Å². The monoisotopic (exact) mass is 189 g/mol. The first-order chi connectivity index (χ1) is 5.73. The SMILES string of the molecule is COC(OC)C(C)(C)NC(C)(C)C. The normalized spacial score (nSPS) is 13.8. The van der Waals surface area contributed by atoms with Crippen molar-refractivity contribution in [3.05, 3.63) is 0 Å². The summed E-state index contributed by atoms with van der Waals surface area (Å²) in [7, 11) is 3.31. The summed E-state index contributed by atoms with van der Waals surface area (Å²) in [5, 5.41) is 3.45. The summed E-state index contributed by atoms with van der Waals surface area (Å²) < 4.78 is 10.5. The smallest absolute Gasteiger partial charge is 0.174 e. The first-order valence-electron chi connectivity index (χ1n) is 4.58. The zero-order valence-electron chi connectivity index (χ0n) is 9.89. The molecule has 0 aliphatic carbocycles. The lowest BCUT2D eigenvalue weighted by molar-refractivity contribution is -0.151. The number of hydrogen-bond donors (Lipinski definition) is 1. The van der Waals surface area contributed by atoms with E-state index >= 15 is 0 Å². The van der Waals surface area contributed by atoms with Crippen LogP contribution in [0.2, 0.25) is 0 Å². The lowest BCUT2D eigenvalue weighted by atomic mass is 9.98. The van der Waals surface area contributed by atoms with Crippen molar-refractivity contribution in [1.82, 2.24) is 5.32 Å². The van der Waals surface area contributed by atoms with Crippen molar-refractivity contribution in [3.8, 4) is 0 Å². The maximum Gasteiger partial charge on any atom is 0.174 e. The molecule has 0 spiro atoms. The lowest BCUT2D eigenvalue weighted by Gasteiger charge is -2.38. The van der Waals surface area contributed by atoms with E-state index in [4.69, 9.17) is 9.47 Å². The average Bonchev–Trinajstić information content (AvgIpc) is 1.83. The second-order valence-corrected chi connectivity index (χ2v) is 4.90. The molecule has 0 fully saturated rings. The zero-order valence-corrected chi connectivity index (χ0v) is 9.89. The van der Waals surface area contributed by atoms with Crippen LogP contribution < -0.4 is 5.32 Å². The third kappa shape index (κ3) is 4.60. The molecule has 0 bridgehead atoms. The Kier molecular flexibility index (Phi) is 4.36. The van der Waals surface area contributed by atoms with Crippen LogP contribution in [0.1, 0.15) is 34.6 Å². The molecule has 0 heterocycles. The molecule has 0 unspecified atom stereocenters. The largest absolute Gasteiger partial charge is 0.354 e. The summed E-state index contributed by atoms with van der Waals surface area (Å²) in [6.07, 6.45) is -0.230. The zero-order chi connectivity index (χ0) is 10.7. The van der Waals surface area contributed by atoms with Crippen molar-refractivity contribution >= 4 is 0 Å². The van der Waals surface area contributed by atoms with Crippen LogP contribution in [0.3, 0.4) is 0 Å². The highest BCUT2D eigenvalue weighted by Gasteiger charge is 2.32. The van der Waals surface area contributed by atoms with Gasteiger partial charge in [-0.15, -0.1) is 0 Å². The van der Waals surface area contributed by atoms with Crippen LogP contribution in [-0.4, -0.2) is 31.6 Å². The molecule has 80 valence electrons. The van der Waals surface area contributed by atoms with Gasteiger partial charge in [-0.1, -0.05) is 0 Å². The summed E-state index contributed by atoms with van der Waals surface area (Å²) in [4.78, 5) is 0. The van der Waals surface area contributed by atoms with Crippen LogP contribution in [0.15, 0.2) is 0 Å². The van der Waals surface area contributed by atoms with Crippen molar-refractivity contribution < 1.29 is 9.47 Å². The van der Waals surface area contributed by atoms with Gasteiger partial charge < -0.3 is 14.8 Å². The molecule has 13 heavy (non-hydrogen) atoms. The summed E-state index contributed by atoms with van der Waals surface area (Å²) in [5.41, 5.74) is -0.138. The van der Waals surface area contributed by atoms with Gasteiger partial charge in [-0.2, -0.15) is 0 Å². The van der Waals surface area contributed by atoms with Gasteiger partial charge in [-0.25, -0.2) is 0 Å². The van der Waals surface area contributed by atoms with E-state index in [1.54, 1.807) is 14.2 Å². The number of hydrogen-bond acceptors (Lipinski definition) is 3. The maximum absolute atomic E-state index is 5.23. The molecule has 0 saturated carbocycles. The molecule has 0 aromatic heterocycles. The number of methoxy groups -OCH3 is 2. The fraction of sp³-hybridized carbons (Fsp3) is 1.00. The molecule has 1 N–H and O–H groups in total. The minimum atomic E-state index is -0.230. The van der Waals surface area contributed by atoms with Crippen LogP contribution >= 0.6 is 0 Å². The molecule has 0 aliphatic heterocycles. The first-order valence-corrected chi connectivity index (χ1v) is 4.58. The molecule has 0 aromatic rings. The standard InChI is InChI=1S/C10H23NO2/c1-9(2,3)11-10(4,5)8(12-6)13-7/h8,11H,1-7H3. The fourth-order valence-electron chi connectivity index (χ4n) is 1.71. The fourth-order valence-corrected chi connectivity index (χ4v) is 1.71. The third-order valence-corrected chi connectivity index (χ3v) is 1.71. The molecule has 0 aliphatic rings. The Morgan fingerprint density at radius 2 is 1.31 bits per heavy atom. The Balaban J connectivity index is 4.36. The quantitative estimate of drug-likeness (QED) is 0.684. The van der Waals surface area contributed by atoms with Gasteiger partial charge in [0, 0.05) is 19.8 Å². The average molecular weight is 189 g/mol. The van der Waals surface area contributed by atoms with Crippen LogP contribution in [0.25, 0.3) is 0 Å². The van der Waals surface area contributed by atoms with Gasteiger partial charge in [0.15, 0.2) is 6.29 Å². The van der Waals surface area contributed by atoms with Gasteiger partial charge >= 0.3 is 0 Å². The van der Waals surface area contributed by atoms with Crippen LogP contribution in [0.5, 0.6) is 0 Å². The highest BCUT2D eigenvalue weighted by Crippen LogP contribution is 2.17. The van der Waals surface area contributed by atoms with Crippen molar-refractivity contribution in [3.63, 3.8) is 0 Å². The number of rotatable bonds is 4. The van der Waals surface area contributed by atoms with Crippen LogP contribution in [0.4, 0.5) is 0 Å². The van der Waals surface area contributed by atoms with E-state index in [0.717, 1.165) is 0 Å². The summed E-state index contributed by atoms with van der Waals surface area (Å²) in [6, 6.07) is 0. The second-order valence-electron chi connectivity index (χ2n) is 4.90. The van der Waals surface area contributed by atoms with Gasteiger partial charge in [-0.3, -0.25) is 0 Å². The first kappa shape index (κ1) is 12.9. The minimum Gasteiger partial charge on any atom is -0.354 e. The highest BCUT2D eigenvalue weighted by atomic mass is 16.7. The molecular formula is C10H23NO2. The molecule has 0 atom stereocenters. The Bertz CT molecular complexity index is 145. The van der Waals surface area contributed by atoms with Crippen molar-refractivity contribution in [1.29, 1.82) is 0 Å². The topological polar surface area (TPSA) is 30.5 Å². The molecule has 3 heteroatoms. The van der Waals surface area contributed by atoms with Crippen molar-refractivity contribution in [2.75, 3.05) is 14.2 Å². The highest BCUT2D eigenvalue weighted by molar-refractivity contribution is 4.88. The van der Waals surface area contributed by atoms with E-state index in [0.29, 0.717) is 0 Å². The van der Waals surface area contributed by atoms with Gasteiger partial charge in [0.05, 0.1) is 5.54 Å². The molecule has 0 rings (SSSR count). The van der Waals surface area contributed by atoms with E-state index in [2.05, 4.69) is 39.9 Å². The Hall–Kier alpha value is -0.120. The molecule has 3 nitrogen and oxygen atoms in total. The third-order valence-electron chi connectivity index (χ3n) is 1.71. The van der Waals surface area contributed by atoms with E-state index in [1.165, 1.54) is 0 Å². The van der Waals surface area contributed by atoms with E-state index in [9.17, 15) is 0 Å². The molecule has 0 saturated heterocycles. The van der Waals surface area contributed by atoms with E-state index < -0.39 is 0 Å². The lowest BCUT2D eigenvalue weighted by Crippen LogP contribution is -2.57. The van der Waals surface area contributed by atoms with Gasteiger partial charge in [-0.05, 0) is 34.6 Å². The Morgan fingerprint density at radius 1 is 0.923 bits per heavy atom. The maximum atomic E-state index is 5.23. The second kappa shape index (κ2) is 4.40. The summed E-state index contributed by atoms with van der Waals surface area (Å²) in [6.45, 7) is 10.5. The molecule has 0 radical (unpaired) electrons. The predicted octanol–water partition coefficient (Wildman–Crippen LogP) is 1.77. The molecule has 0 aromatic carbocycles. The molecule has 0 amide bonds. The van der Waals surface area contributed by atoms with Crippen molar-refractivity contribution in [2.45, 2.75) is 52.0 Å². The summed E-state index contributed by atoms with van der Waals surface area (Å²) in [5.74, 6) is 0.